The first kappa shape index (κ1) is 10.0. The van der Waals surface area contributed by atoms with Gasteiger partial charge in [0.15, 0.2) is 0 Å². The van der Waals surface area contributed by atoms with Crippen LogP contribution in [0.3, 0.4) is 0 Å². The highest BCUT2D eigenvalue weighted by Gasteiger charge is 2.21. The predicted octanol–water partition coefficient (Wildman–Crippen LogP) is 4.07. The molecule has 1 heteroatoms. The molecule has 1 unspecified atom stereocenters. The van der Waals surface area contributed by atoms with E-state index in [2.05, 4.69) is 32.6 Å². The molecule has 0 spiro atoms. The van der Waals surface area contributed by atoms with Crippen molar-refractivity contribution in [3.8, 4) is 0 Å². The van der Waals surface area contributed by atoms with Crippen LogP contribution in [0.1, 0.15) is 26.2 Å². The van der Waals surface area contributed by atoms with Gasteiger partial charge in [0, 0.05) is 8.07 Å². The minimum atomic E-state index is -0.796. The topological polar surface area (TPSA) is 0 Å². The molecule has 0 heterocycles. The lowest BCUT2D eigenvalue weighted by molar-refractivity contribution is 0.508. The molecule has 0 aromatic carbocycles. The summed E-state index contributed by atoms with van der Waals surface area (Å²) in [6, 6.07) is 1.52. The first-order valence-electron chi connectivity index (χ1n) is 5.13. The van der Waals surface area contributed by atoms with E-state index < -0.39 is 8.07 Å². The Kier molecular flexibility index (Phi) is 3.16. The molecule has 0 saturated carbocycles. The number of rotatable bonds is 2. The number of hydrogen-bond acceptors (Lipinski definition) is 0. The molecule has 0 aliphatic heterocycles. The second-order valence-corrected chi connectivity index (χ2v) is 11.0. The van der Waals surface area contributed by atoms with Crippen molar-refractivity contribution in [2.75, 3.05) is 0 Å². The van der Waals surface area contributed by atoms with Gasteiger partial charge in [0.1, 0.15) is 0 Å². The maximum atomic E-state index is 2.48. The number of allylic oxidation sites excluding steroid dienone is 2. The van der Waals surface area contributed by atoms with Gasteiger partial charge in [-0.25, -0.2) is 0 Å². The molecular weight excluding hydrogens is 160 g/mol. The fourth-order valence-electron chi connectivity index (χ4n) is 2.07. The lowest BCUT2D eigenvalue weighted by atomic mass is 9.92. The molecule has 0 fully saturated rings. The average molecular weight is 182 g/mol. The predicted molar refractivity (Wildman–Crippen MR) is 59.3 cm³/mol. The molecule has 0 aromatic rings. The summed E-state index contributed by atoms with van der Waals surface area (Å²) in [5, 5.41) is 0. The van der Waals surface area contributed by atoms with Crippen LogP contribution in [0.5, 0.6) is 0 Å². The summed E-state index contributed by atoms with van der Waals surface area (Å²) in [4.78, 5) is 0. The Morgan fingerprint density at radius 3 is 2.50 bits per heavy atom. The second kappa shape index (κ2) is 3.78. The monoisotopic (exact) mass is 182 g/mol. The van der Waals surface area contributed by atoms with Crippen molar-refractivity contribution >= 4 is 8.07 Å². The quantitative estimate of drug-likeness (QED) is 0.446. The molecular formula is C11H22Si. The molecule has 0 radical (unpaired) electrons. The van der Waals surface area contributed by atoms with Gasteiger partial charge in [0.05, 0.1) is 0 Å². The Labute approximate surface area is 78.1 Å². The van der Waals surface area contributed by atoms with Crippen LogP contribution in [0.15, 0.2) is 11.6 Å². The zero-order valence-electron chi connectivity index (χ0n) is 8.98. The van der Waals surface area contributed by atoms with Crippen molar-refractivity contribution in [1.29, 1.82) is 0 Å². The standard InChI is InChI=1S/C11H22Si/c1-10-5-7-11(8-6-10)9-12(2,3)4/h5,11H,6-9H2,1-4H3. The van der Waals surface area contributed by atoms with Crippen molar-refractivity contribution in [2.24, 2.45) is 5.92 Å². The first-order chi connectivity index (χ1) is 5.47. The van der Waals surface area contributed by atoms with E-state index >= 15 is 0 Å². The smallest absolute Gasteiger partial charge is 0.0445 e. The zero-order chi connectivity index (χ0) is 9.19. The third-order valence-corrected chi connectivity index (χ3v) is 4.45. The van der Waals surface area contributed by atoms with Gasteiger partial charge >= 0.3 is 0 Å². The molecule has 0 N–H and O–H groups in total. The van der Waals surface area contributed by atoms with Crippen LogP contribution < -0.4 is 0 Å². The van der Waals surface area contributed by atoms with Crippen LogP contribution in [-0.4, -0.2) is 8.07 Å². The van der Waals surface area contributed by atoms with Crippen LogP contribution in [-0.2, 0) is 0 Å². The summed E-state index contributed by atoms with van der Waals surface area (Å²) >= 11 is 0. The van der Waals surface area contributed by atoms with Gasteiger partial charge in [0.2, 0.25) is 0 Å². The normalized spacial score (nSPS) is 25.3. The van der Waals surface area contributed by atoms with E-state index in [-0.39, 0.29) is 0 Å². The molecule has 0 nitrogen and oxygen atoms in total. The van der Waals surface area contributed by atoms with Gasteiger partial charge in [-0.3, -0.25) is 0 Å². The van der Waals surface area contributed by atoms with Crippen molar-refractivity contribution < 1.29 is 0 Å². The van der Waals surface area contributed by atoms with Crippen molar-refractivity contribution in [3.05, 3.63) is 11.6 Å². The van der Waals surface area contributed by atoms with Crippen molar-refractivity contribution in [3.63, 3.8) is 0 Å². The zero-order valence-corrected chi connectivity index (χ0v) is 9.98. The van der Waals surface area contributed by atoms with E-state index in [1.54, 1.807) is 5.57 Å². The van der Waals surface area contributed by atoms with Crippen LogP contribution in [0.4, 0.5) is 0 Å². The molecule has 0 aromatic heterocycles. The molecule has 1 atom stereocenters. The van der Waals surface area contributed by atoms with Gasteiger partial charge in [-0.1, -0.05) is 37.3 Å². The SMILES string of the molecule is CC1=CCC(C[Si](C)(C)C)CC1. The highest BCUT2D eigenvalue weighted by atomic mass is 28.3. The third-order valence-electron chi connectivity index (χ3n) is 2.65. The molecule has 12 heavy (non-hydrogen) atoms. The molecule has 1 aliphatic carbocycles. The summed E-state index contributed by atoms with van der Waals surface area (Å²) < 4.78 is 0. The minimum absolute atomic E-state index is 0.796. The number of hydrogen-bond donors (Lipinski definition) is 0. The fraction of sp³-hybridized carbons (Fsp3) is 0.818. The van der Waals surface area contributed by atoms with Gasteiger partial charge in [-0.05, 0) is 32.1 Å². The molecule has 1 aliphatic rings. The summed E-state index contributed by atoms with van der Waals surface area (Å²) in [7, 11) is -0.796. The van der Waals surface area contributed by atoms with E-state index in [0.717, 1.165) is 5.92 Å². The van der Waals surface area contributed by atoms with Crippen LogP contribution in [0, 0.1) is 5.92 Å². The molecule has 0 bridgehead atoms. The Hall–Kier alpha value is -0.0431. The summed E-state index contributed by atoms with van der Waals surface area (Å²) in [6.45, 7) is 9.72. The molecule has 70 valence electrons. The van der Waals surface area contributed by atoms with Crippen LogP contribution in [0.2, 0.25) is 25.7 Å². The Bertz CT molecular complexity index is 174. The van der Waals surface area contributed by atoms with Gasteiger partial charge in [-0.2, -0.15) is 0 Å². The van der Waals surface area contributed by atoms with Gasteiger partial charge in [-0.15, -0.1) is 0 Å². The Morgan fingerprint density at radius 1 is 1.42 bits per heavy atom. The van der Waals surface area contributed by atoms with Crippen molar-refractivity contribution in [2.45, 2.75) is 51.9 Å². The minimum Gasteiger partial charge on any atom is -0.0853 e. The van der Waals surface area contributed by atoms with Crippen molar-refractivity contribution in [1.82, 2.24) is 0 Å². The van der Waals surface area contributed by atoms with E-state index in [1.165, 1.54) is 25.3 Å². The molecule has 0 saturated heterocycles. The van der Waals surface area contributed by atoms with E-state index in [0.29, 0.717) is 0 Å². The summed E-state index contributed by atoms with van der Waals surface area (Å²) in [6.07, 6.45) is 6.62. The molecule has 0 amide bonds. The van der Waals surface area contributed by atoms with E-state index in [1.807, 2.05) is 0 Å². The third kappa shape index (κ3) is 3.57. The summed E-state index contributed by atoms with van der Waals surface area (Å²) in [5.41, 5.74) is 1.61. The van der Waals surface area contributed by atoms with Crippen LogP contribution >= 0.6 is 0 Å². The second-order valence-electron chi connectivity index (χ2n) is 5.46. The van der Waals surface area contributed by atoms with E-state index in [4.69, 9.17) is 0 Å². The lowest BCUT2D eigenvalue weighted by Crippen LogP contribution is -2.24. The highest BCUT2D eigenvalue weighted by molar-refractivity contribution is 6.76. The summed E-state index contributed by atoms with van der Waals surface area (Å²) in [5.74, 6) is 1.01. The lowest BCUT2D eigenvalue weighted by Gasteiger charge is -2.26. The average Bonchev–Trinajstić information content (AvgIpc) is 1.91. The van der Waals surface area contributed by atoms with Gasteiger partial charge in [0.25, 0.3) is 0 Å². The maximum Gasteiger partial charge on any atom is 0.0445 e. The first-order valence-corrected chi connectivity index (χ1v) is 8.84. The Morgan fingerprint density at radius 2 is 2.08 bits per heavy atom. The highest BCUT2D eigenvalue weighted by Crippen LogP contribution is 2.29. The van der Waals surface area contributed by atoms with Gasteiger partial charge < -0.3 is 0 Å². The Balaban J connectivity index is 2.37. The maximum absolute atomic E-state index is 2.48. The molecule has 1 rings (SSSR count). The van der Waals surface area contributed by atoms with E-state index in [9.17, 15) is 0 Å². The largest absolute Gasteiger partial charge is 0.0853 e. The van der Waals surface area contributed by atoms with Crippen LogP contribution in [0.25, 0.3) is 0 Å². The fourth-order valence-corrected chi connectivity index (χ4v) is 4.17.